The monoisotopic (exact) mass is 440 g/mol. The van der Waals surface area contributed by atoms with Gasteiger partial charge >= 0.3 is 5.97 Å². The van der Waals surface area contributed by atoms with E-state index in [2.05, 4.69) is 48.8 Å². The predicted molar refractivity (Wildman–Crippen MR) is 117 cm³/mol. The highest BCUT2D eigenvalue weighted by Gasteiger charge is 2.44. The van der Waals surface area contributed by atoms with E-state index in [9.17, 15) is 4.79 Å². The van der Waals surface area contributed by atoms with E-state index in [1.54, 1.807) is 10.9 Å². The third kappa shape index (κ3) is 4.81. The number of carbonyl (C=O) groups excluding carboxylic acids is 1. The molecule has 0 aliphatic rings. The van der Waals surface area contributed by atoms with Crippen molar-refractivity contribution in [3.63, 3.8) is 0 Å². The third-order valence-corrected chi connectivity index (χ3v) is 10.4. The van der Waals surface area contributed by atoms with E-state index in [0.29, 0.717) is 17.6 Å². The lowest BCUT2D eigenvalue weighted by Gasteiger charge is -2.41. The van der Waals surface area contributed by atoms with Crippen molar-refractivity contribution in [1.82, 2.24) is 19.5 Å². The second-order valence-electron chi connectivity index (χ2n) is 9.94. The average molecular weight is 441 g/mol. The molecule has 1 atom stereocenters. The van der Waals surface area contributed by atoms with Gasteiger partial charge in [0, 0.05) is 6.42 Å². The number of esters is 1. The number of carbonyl (C=O) groups is 1. The molecule has 0 N–H and O–H groups in total. The summed E-state index contributed by atoms with van der Waals surface area (Å²) in [5, 5.41) is 0.273. The molecule has 2 rings (SSSR count). The van der Waals surface area contributed by atoms with Gasteiger partial charge in [0.1, 0.15) is 18.2 Å². The first kappa shape index (κ1) is 23.8. The molecule has 7 nitrogen and oxygen atoms in total. The smallest absolute Gasteiger partial charge is 0.313 e. The molecule has 0 saturated carbocycles. The Kier molecular flexibility index (Phi) is 6.52. The lowest BCUT2D eigenvalue weighted by atomic mass is 9.97. The van der Waals surface area contributed by atoms with E-state index in [0.717, 1.165) is 0 Å². The molecule has 1 unspecified atom stereocenters. The van der Waals surface area contributed by atoms with Gasteiger partial charge in [0.05, 0.1) is 12.0 Å². The Bertz CT molecular complexity index is 886. The number of nitrogens with zero attached hydrogens (tertiary/aromatic N) is 4. The number of hydrogen-bond donors (Lipinski definition) is 0. The van der Waals surface area contributed by atoms with Crippen LogP contribution >= 0.6 is 11.6 Å². The quantitative estimate of drug-likeness (QED) is 0.351. The number of fused-ring (bicyclic) bond motifs is 1. The van der Waals surface area contributed by atoms with Crippen molar-refractivity contribution >= 4 is 37.1 Å². The Hall–Kier alpha value is -1.51. The average Bonchev–Trinajstić information content (AvgIpc) is 3.03. The van der Waals surface area contributed by atoms with Crippen molar-refractivity contribution in [1.29, 1.82) is 0 Å². The van der Waals surface area contributed by atoms with Crippen LogP contribution in [0.15, 0.2) is 12.7 Å². The van der Waals surface area contributed by atoms with E-state index in [4.69, 9.17) is 20.8 Å². The number of rotatable bonds is 6. The van der Waals surface area contributed by atoms with Gasteiger partial charge < -0.3 is 9.16 Å². The Morgan fingerprint density at radius 3 is 2.28 bits per heavy atom. The summed E-state index contributed by atoms with van der Waals surface area (Å²) in [5.41, 5.74) is -0.786. The zero-order valence-corrected chi connectivity index (χ0v) is 20.7. The number of ether oxygens (including phenoxy) is 1. The van der Waals surface area contributed by atoms with Crippen molar-refractivity contribution < 1.29 is 14.0 Å². The molecular weight excluding hydrogens is 408 g/mol. The van der Waals surface area contributed by atoms with Gasteiger partial charge in [-0.2, -0.15) is 0 Å². The summed E-state index contributed by atoms with van der Waals surface area (Å²) in [6.07, 6.45) is 3.46. The summed E-state index contributed by atoms with van der Waals surface area (Å²) in [6.45, 7) is 18.5. The van der Waals surface area contributed by atoms with Gasteiger partial charge in [-0.05, 0) is 38.9 Å². The fourth-order valence-corrected chi connectivity index (χ4v) is 3.63. The van der Waals surface area contributed by atoms with Crippen LogP contribution in [0, 0.1) is 5.41 Å². The van der Waals surface area contributed by atoms with Crippen LogP contribution in [0.4, 0.5) is 0 Å². The summed E-state index contributed by atoms with van der Waals surface area (Å²) in [5.74, 6) is -0.319. The van der Waals surface area contributed by atoms with Crippen molar-refractivity contribution in [3.05, 3.63) is 17.8 Å². The standard InChI is InChI=1S/C20H33ClN4O3Si/c1-10-20(28-17(26)18(2,3)4,11-27-29(8,9)19(5,6)7)25-13-24-14-15(21)22-12-23-16(14)25/h12-13H,10-11H2,1-9H3. The highest BCUT2D eigenvalue weighted by atomic mass is 35.5. The van der Waals surface area contributed by atoms with Gasteiger partial charge in [0.2, 0.25) is 5.72 Å². The molecular formula is C20H33ClN4O3Si. The van der Waals surface area contributed by atoms with Crippen LogP contribution in [-0.4, -0.2) is 40.4 Å². The molecule has 0 aliphatic carbocycles. The molecule has 0 radical (unpaired) electrons. The topological polar surface area (TPSA) is 79.1 Å². The zero-order valence-electron chi connectivity index (χ0n) is 19.0. The van der Waals surface area contributed by atoms with E-state index in [-0.39, 0.29) is 22.8 Å². The normalized spacial score (nSPS) is 15.4. The first-order valence-corrected chi connectivity index (χ1v) is 13.1. The van der Waals surface area contributed by atoms with E-state index in [1.807, 2.05) is 27.7 Å². The molecule has 2 aromatic rings. The Balaban J connectivity index is 2.57. The van der Waals surface area contributed by atoms with Crippen LogP contribution in [0.1, 0.15) is 54.9 Å². The van der Waals surface area contributed by atoms with Crippen LogP contribution in [-0.2, 0) is 19.7 Å². The van der Waals surface area contributed by atoms with E-state index in [1.165, 1.54) is 6.33 Å². The van der Waals surface area contributed by atoms with Gasteiger partial charge in [0.15, 0.2) is 19.1 Å². The van der Waals surface area contributed by atoms with Crippen molar-refractivity contribution in [2.75, 3.05) is 6.61 Å². The van der Waals surface area contributed by atoms with Crippen molar-refractivity contribution in [2.24, 2.45) is 5.41 Å². The van der Waals surface area contributed by atoms with Crippen LogP contribution in [0.2, 0.25) is 23.3 Å². The second kappa shape index (κ2) is 7.96. The molecule has 2 aromatic heterocycles. The van der Waals surface area contributed by atoms with Gasteiger partial charge in [-0.15, -0.1) is 0 Å². The molecule has 162 valence electrons. The number of aromatic nitrogens is 4. The predicted octanol–water partition coefficient (Wildman–Crippen LogP) is 5.15. The molecule has 0 aromatic carbocycles. The molecule has 0 amide bonds. The lowest BCUT2D eigenvalue weighted by Crippen LogP contribution is -2.50. The van der Waals surface area contributed by atoms with Crippen LogP contribution in [0.25, 0.3) is 11.2 Å². The van der Waals surface area contributed by atoms with Gasteiger partial charge in [-0.1, -0.05) is 39.3 Å². The summed E-state index contributed by atoms with van der Waals surface area (Å²) >= 11 is 6.19. The molecule has 29 heavy (non-hydrogen) atoms. The van der Waals surface area contributed by atoms with Gasteiger partial charge in [-0.3, -0.25) is 9.36 Å². The largest absolute Gasteiger partial charge is 0.436 e. The molecule has 0 aliphatic heterocycles. The molecule has 0 saturated heterocycles. The minimum absolute atomic E-state index is 0.0169. The maximum absolute atomic E-state index is 12.9. The van der Waals surface area contributed by atoms with E-state index < -0.39 is 19.5 Å². The summed E-state index contributed by atoms with van der Waals surface area (Å²) in [7, 11) is -2.10. The van der Waals surface area contributed by atoms with Crippen LogP contribution in [0.3, 0.4) is 0 Å². The highest BCUT2D eigenvalue weighted by Crippen LogP contribution is 2.39. The molecule has 0 fully saturated rings. The summed E-state index contributed by atoms with van der Waals surface area (Å²) in [4.78, 5) is 25.6. The maximum Gasteiger partial charge on any atom is 0.313 e. The summed E-state index contributed by atoms with van der Waals surface area (Å²) < 4.78 is 14.4. The molecule has 0 spiro atoms. The van der Waals surface area contributed by atoms with Crippen molar-refractivity contribution in [2.45, 2.75) is 78.7 Å². The number of halogens is 1. The summed E-state index contributed by atoms with van der Waals surface area (Å²) in [6, 6.07) is 0. The Morgan fingerprint density at radius 2 is 1.76 bits per heavy atom. The van der Waals surface area contributed by atoms with Gasteiger partial charge in [-0.25, -0.2) is 15.0 Å². The minimum atomic E-state index is -2.10. The molecule has 2 heterocycles. The van der Waals surface area contributed by atoms with Gasteiger partial charge in [0.25, 0.3) is 0 Å². The lowest BCUT2D eigenvalue weighted by molar-refractivity contribution is -0.188. The Morgan fingerprint density at radius 1 is 1.14 bits per heavy atom. The fraction of sp³-hybridized carbons (Fsp3) is 0.700. The molecule has 9 heteroatoms. The fourth-order valence-electron chi connectivity index (χ4n) is 2.43. The molecule has 0 bridgehead atoms. The first-order valence-electron chi connectivity index (χ1n) is 9.86. The Labute approximate surface area is 179 Å². The second-order valence-corrected chi connectivity index (χ2v) is 15.1. The number of imidazole rings is 1. The third-order valence-electron chi connectivity index (χ3n) is 5.64. The zero-order chi connectivity index (χ0) is 22.3. The van der Waals surface area contributed by atoms with E-state index >= 15 is 0 Å². The minimum Gasteiger partial charge on any atom is -0.436 e. The van der Waals surface area contributed by atoms with Crippen LogP contribution in [0.5, 0.6) is 0 Å². The number of hydrogen-bond acceptors (Lipinski definition) is 6. The van der Waals surface area contributed by atoms with Crippen LogP contribution < -0.4 is 0 Å². The van der Waals surface area contributed by atoms with Crippen molar-refractivity contribution in [3.8, 4) is 0 Å². The SMILES string of the molecule is CCC(CO[Si](C)(C)C(C)(C)C)(OC(=O)C(C)(C)C)n1cnc2c(Cl)ncnc21. The highest BCUT2D eigenvalue weighted by molar-refractivity contribution is 6.74. The maximum atomic E-state index is 12.9. The first-order chi connectivity index (χ1) is 13.1.